The van der Waals surface area contributed by atoms with Crippen LogP contribution in [-0.4, -0.2) is 41.5 Å². The summed E-state index contributed by atoms with van der Waals surface area (Å²) >= 11 is 0. The number of aromatic nitrogens is 2. The third-order valence-electron chi connectivity index (χ3n) is 5.48. The van der Waals surface area contributed by atoms with E-state index in [1.54, 1.807) is 18.5 Å². The van der Waals surface area contributed by atoms with Crippen LogP contribution in [0.3, 0.4) is 0 Å². The number of anilines is 2. The fourth-order valence-corrected chi connectivity index (χ4v) is 3.66. The number of hydrogen-bond donors (Lipinski definition) is 2. The topological polar surface area (TPSA) is 53.1 Å². The molecule has 1 aliphatic heterocycles. The third kappa shape index (κ3) is 4.39. The van der Waals surface area contributed by atoms with E-state index in [1.807, 2.05) is 18.3 Å². The normalized spacial score (nSPS) is 15.6. The highest BCUT2D eigenvalue weighted by Gasteiger charge is 2.16. The van der Waals surface area contributed by atoms with E-state index in [1.165, 1.54) is 32.0 Å². The van der Waals surface area contributed by atoms with Crippen molar-refractivity contribution in [3.05, 3.63) is 60.3 Å². The number of likely N-dealkylation sites (tertiary alicyclic amines) is 1. The van der Waals surface area contributed by atoms with Crippen molar-refractivity contribution in [2.75, 3.05) is 37.3 Å². The Hall–Kier alpha value is -2.73. The Bertz CT molecular complexity index is 920. The second kappa shape index (κ2) is 8.52. The van der Waals surface area contributed by atoms with Crippen LogP contribution in [0.2, 0.25) is 0 Å². The molecule has 1 saturated heterocycles. The summed E-state index contributed by atoms with van der Waals surface area (Å²) in [7, 11) is 2.18. The van der Waals surface area contributed by atoms with Gasteiger partial charge in [-0.05, 0) is 68.7 Å². The van der Waals surface area contributed by atoms with Gasteiger partial charge in [-0.15, -0.1) is 0 Å². The van der Waals surface area contributed by atoms with Gasteiger partial charge in [0.25, 0.3) is 0 Å². The Kier molecular flexibility index (Phi) is 5.67. The number of rotatable bonds is 6. The molecule has 0 radical (unpaired) electrons. The van der Waals surface area contributed by atoms with Crippen molar-refractivity contribution in [1.29, 1.82) is 0 Å². The predicted octanol–water partition coefficient (Wildman–Crippen LogP) is 4.13. The lowest BCUT2D eigenvalue weighted by Crippen LogP contribution is -2.33. The first kappa shape index (κ1) is 18.6. The van der Waals surface area contributed by atoms with Gasteiger partial charge in [0, 0.05) is 48.1 Å². The summed E-state index contributed by atoms with van der Waals surface area (Å²) in [4.78, 5) is 10.9. The second-order valence-electron chi connectivity index (χ2n) is 7.55. The van der Waals surface area contributed by atoms with Gasteiger partial charge in [0.2, 0.25) is 0 Å². The lowest BCUT2D eigenvalue weighted by Gasteiger charge is -2.29. The van der Waals surface area contributed by atoms with E-state index in [2.05, 4.69) is 38.6 Å². The highest BCUT2D eigenvalue weighted by molar-refractivity contribution is 5.93. The molecule has 0 aliphatic carbocycles. The summed E-state index contributed by atoms with van der Waals surface area (Å²) < 4.78 is 13.9. The number of benzene rings is 1. The number of nitrogens with one attached hydrogen (secondary N) is 2. The number of pyridine rings is 2. The maximum atomic E-state index is 13.9. The first-order valence-corrected chi connectivity index (χ1v) is 9.82. The van der Waals surface area contributed by atoms with Crippen molar-refractivity contribution in [2.24, 2.45) is 5.92 Å². The molecule has 1 aromatic carbocycles. The molecule has 4 rings (SSSR count). The highest BCUT2D eigenvalue weighted by atomic mass is 19.1. The highest BCUT2D eigenvalue weighted by Crippen LogP contribution is 2.25. The van der Waals surface area contributed by atoms with Crippen molar-refractivity contribution < 1.29 is 4.39 Å². The van der Waals surface area contributed by atoms with E-state index in [-0.39, 0.29) is 5.82 Å². The van der Waals surface area contributed by atoms with E-state index in [9.17, 15) is 4.39 Å². The van der Waals surface area contributed by atoms with Crippen molar-refractivity contribution in [3.63, 3.8) is 0 Å². The number of nitrogens with zero attached hydrogens (tertiary/aromatic N) is 3. The molecular weight excluding hydrogens is 353 g/mol. The molecule has 2 N–H and O–H groups in total. The number of hydrogen-bond acceptors (Lipinski definition) is 5. The SMILES string of the molecule is CN1CCC(CNc2ccc(CNc3ccc(F)c4cnccc34)cn2)CC1. The Morgan fingerprint density at radius 1 is 1.04 bits per heavy atom. The van der Waals surface area contributed by atoms with Gasteiger partial charge in [-0.3, -0.25) is 4.98 Å². The summed E-state index contributed by atoms with van der Waals surface area (Å²) in [5.74, 6) is 1.39. The van der Waals surface area contributed by atoms with Crippen molar-refractivity contribution in [1.82, 2.24) is 14.9 Å². The van der Waals surface area contributed by atoms with Crippen LogP contribution in [-0.2, 0) is 6.54 Å². The summed E-state index contributed by atoms with van der Waals surface area (Å²) in [5, 5.41) is 8.20. The minimum atomic E-state index is -0.254. The molecule has 2 aromatic heterocycles. The van der Waals surface area contributed by atoms with E-state index in [0.29, 0.717) is 11.9 Å². The van der Waals surface area contributed by atoms with Crippen LogP contribution in [0.1, 0.15) is 18.4 Å². The van der Waals surface area contributed by atoms with Gasteiger partial charge in [-0.2, -0.15) is 0 Å². The lowest BCUT2D eigenvalue weighted by molar-refractivity contribution is 0.226. The molecule has 0 unspecified atom stereocenters. The number of piperidine rings is 1. The summed E-state index contributed by atoms with van der Waals surface area (Å²) in [6.45, 7) is 3.97. The molecule has 0 saturated carbocycles. The van der Waals surface area contributed by atoms with Gasteiger partial charge < -0.3 is 15.5 Å². The summed E-state index contributed by atoms with van der Waals surface area (Å²) in [6, 6.07) is 9.17. The summed E-state index contributed by atoms with van der Waals surface area (Å²) in [6.07, 6.45) is 7.61. The fraction of sp³-hybridized carbons (Fsp3) is 0.364. The largest absolute Gasteiger partial charge is 0.380 e. The first-order chi connectivity index (χ1) is 13.7. The molecule has 0 bridgehead atoms. The van der Waals surface area contributed by atoms with Crippen LogP contribution >= 0.6 is 0 Å². The average molecular weight is 379 g/mol. The lowest BCUT2D eigenvalue weighted by atomic mass is 9.97. The maximum Gasteiger partial charge on any atom is 0.132 e. The number of fused-ring (bicyclic) bond motifs is 1. The van der Waals surface area contributed by atoms with E-state index in [4.69, 9.17) is 0 Å². The molecule has 1 fully saturated rings. The standard InChI is InChI=1S/C22H26FN5/c1-28-10-7-16(8-11-28)12-26-22-5-2-17(14-27-22)13-25-21-4-3-20(23)19-15-24-9-6-18(19)21/h2-6,9,14-16,25H,7-8,10-13H2,1H3,(H,26,27). The average Bonchev–Trinajstić information content (AvgIpc) is 2.74. The van der Waals surface area contributed by atoms with Crippen LogP contribution in [0.4, 0.5) is 15.9 Å². The Balaban J connectivity index is 1.33. The van der Waals surface area contributed by atoms with Gasteiger partial charge in [0.05, 0.1) is 0 Å². The van der Waals surface area contributed by atoms with Crippen LogP contribution in [0.15, 0.2) is 48.9 Å². The summed E-state index contributed by atoms with van der Waals surface area (Å²) in [5.41, 5.74) is 1.97. The molecule has 1 aliphatic rings. The quantitative estimate of drug-likeness (QED) is 0.674. The van der Waals surface area contributed by atoms with E-state index < -0.39 is 0 Å². The Labute approximate surface area is 165 Å². The molecule has 5 nitrogen and oxygen atoms in total. The van der Waals surface area contributed by atoms with Crippen molar-refractivity contribution in [3.8, 4) is 0 Å². The molecule has 0 amide bonds. The van der Waals surface area contributed by atoms with Gasteiger partial charge in [0.1, 0.15) is 11.6 Å². The Morgan fingerprint density at radius 3 is 2.68 bits per heavy atom. The zero-order valence-corrected chi connectivity index (χ0v) is 16.2. The minimum Gasteiger partial charge on any atom is -0.380 e. The van der Waals surface area contributed by atoms with E-state index >= 15 is 0 Å². The maximum absolute atomic E-state index is 13.9. The zero-order chi connectivity index (χ0) is 19.3. The van der Waals surface area contributed by atoms with Gasteiger partial charge in [0.15, 0.2) is 0 Å². The molecule has 3 aromatic rings. The van der Waals surface area contributed by atoms with Crippen molar-refractivity contribution >= 4 is 22.3 Å². The van der Waals surface area contributed by atoms with Crippen LogP contribution in [0.5, 0.6) is 0 Å². The van der Waals surface area contributed by atoms with Gasteiger partial charge in [-0.1, -0.05) is 6.07 Å². The monoisotopic (exact) mass is 379 g/mol. The molecule has 28 heavy (non-hydrogen) atoms. The van der Waals surface area contributed by atoms with Gasteiger partial charge >= 0.3 is 0 Å². The van der Waals surface area contributed by atoms with Crippen LogP contribution < -0.4 is 10.6 Å². The first-order valence-electron chi connectivity index (χ1n) is 9.82. The van der Waals surface area contributed by atoms with Crippen LogP contribution in [0, 0.1) is 11.7 Å². The van der Waals surface area contributed by atoms with E-state index in [0.717, 1.165) is 34.9 Å². The zero-order valence-electron chi connectivity index (χ0n) is 16.2. The second-order valence-corrected chi connectivity index (χ2v) is 7.55. The molecule has 146 valence electrons. The molecular formula is C22H26FN5. The number of halogens is 1. The van der Waals surface area contributed by atoms with Gasteiger partial charge in [-0.25, -0.2) is 9.37 Å². The molecule has 6 heteroatoms. The predicted molar refractivity (Wildman–Crippen MR) is 112 cm³/mol. The third-order valence-corrected chi connectivity index (χ3v) is 5.48. The van der Waals surface area contributed by atoms with Crippen molar-refractivity contribution in [2.45, 2.75) is 19.4 Å². The minimum absolute atomic E-state index is 0.254. The fourth-order valence-electron chi connectivity index (χ4n) is 3.66. The molecule has 0 atom stereocenters. The molecule has 0 spiro atoms. The smallest absolute Gasteiger partial charge is 0.132 e. The Morgan fingerprint density at radius 2 is 1.89 bits per heavy atom. The molecule has 3 heterocycles. The van der Waals surface area contributed by atoms with Crippen LogP contribution in [0.25, 0.3) is 10.8 Å².